The van der Waals surface area contributed by atoms with Crippen LogP contribution in [-0.4, -0.2) is 27.4 Å². The predicted molar refractivity (Wildman–Crippen MR) is 108 cm³/mol. The van der Waals surface area contributed by atoms with E-state index in [4.69, 9.17) is 5.14 Å². The summed E-state index contributed by atoms with van der Waals surface area (Å²) in [7, 11) is -3.87. The molecule has 3 N–H and O–H groups in total. The Hall–Kier alpha value is -2.38. The minimum atomic E-state index is -3.87. The van der Waals surface area contributed by atoms with E-state index in [0.29, 0.717) is 11.3 Å². The monoisotopic (exact) mass is 387 g/mol. The van der Waals surface area contributed by atoms with E-state index in [9.17, 15) is 13.2 Å². The fourth-order valence-electron chi connectivity index (χ4n) is 3.27. The van der Waals surface area contributed by atoms with Crippen LogP contribution in [-0.2, 0) is 10.0 Å². The maximum atomic E-state index is 12.5. The van der Waals surface area contributed by atoms with Crippen molar-refractivity contribution in [3.05, 3.63) is 53.6 Å². The molecule has 0 atom stereocenters. The highest BCUT2D eigenvalue weighted by Crippen LogP contribution is 2.24. The smallest absolute Gasteiger partial charge is 0.255 e. The molecule has 0 radical (unpaired) electrons. The molecular formula is C20H25N3O3S. The molecule has 6 nitrogen and oxygen atoms in total. The Balaban J connectivity index is 1.71. The van der Waals surface area contributed by atoms with Gasteiger partial charge >= 0.3 is 0 Å². The first-order valence-electron chi connectivity index (χ1n) is 9.04. The van der Waals surface area contributed by atoms with Gasteiger partial charge in [-0.05, 0) is 67.6 Å². The van der Waals surface area contributed by atoms with Crippen molar-refractivity contribution in [2.75, 3.05) is 23.3 Å². The lowest BCUT2D eigenvalue weighted by atomic mass is 9.99. The van der Waals surface area contributed by atoms with Crippen molar-refractivity contribution in [3.63, 3.8) is 0 Å². The molecule has 144 valence electrons. The molecule has 2 aromatic carbocycles. The number of benzene rings is 2. The van der Waals surface area contributed by atoms with Gasteiger partial charge in [0.25, 0.3) is 5.91 Å². The molecule has 1 fully saturated rings. The fraction of sp³-hybridized carbons (Fsp3) is 0.350. The molecule has 1 aliphatic heterocycles. The van der Waals surface area contributed by atoms with Gasteiger partial charge in [0, 0.05) is 30.0 Å². The van der Waals surface area contributed by atoms with Crippen molar-refractivity contribution in [1.29, 1.82) is 0 Å². The lowest BCUT2D eigenvalue weighted by Gasteiger charge is -2.32. The van der Waals surface area contributed by atoms with Crippen LogP contribution in [0.1, 0.15) is 35.7 Å². The first-order valence-corrected chi connectivity index (χ1v) is 10.6. The maximum absolute atomic E-state index is 12.5. The van der Waals surface area contributed by atoms with E-state index < -0.39 is 10.0 Å². The molecule has 0 spiro atoms. The van der Waals surface area contributed by atoms with E-state index in [1.54, 1.807) is 19.1 Å². The third-order valence-corrected chi connectivity index (χ3v) is 6.08. The summed E-state index contributed by atoms with van der Waals surface area (Å²) in [6.45, 7) is 6.02. The van der Waals surface area contributed by atoms with Gasteiger partial charge in [-0.25, -0.2) is 13.6 Å². The average molecular weight is 388 g/mol. The summed E-state index contributed by atoms with van der Waals surface area (Å²) in [5, 5.41) is 8.01. The summed E-state index contributed by atoms with van der Waals surface area (Å²) in [5.74, 6) is 0.399. The van der Waals surface area contributed by atoms with Gasteiger partial charge in [0.05, 0.1) is 4.90 Å². The van der Waals surface area contributed by atoms with Gasteiger partial charge in [-0.15, -0.1) is 0 Å². The molecule has 3 rings (SSSR count). The molecule has 27 heavy (non-hydrogen) atoms. The van der Waals surface area contributed by atoms with Crippen molar-refractivity contribution in [2.24, 2.45) is 11.1 Å². The highest BCUT2D eigenvalue weighted by atomic mass is 32.2. The number of primary sulfonamides is 1. The van der Waals surface area contributed by atoms with Crippen LogP contribution in [0, 0.1) is 12.8 Å². The quantitative estimate of drug-likeness (QED) is 0.843. The Morgan fingerprint density at radius 2 is 1.74 bits per heavy atom. The summed E-state index contributed by atoms with van der Waals surface area (Å²) in [5.41, 5.74) is 2.56. The molecule has 0 unspecified atom stereocenters. The lowest BCUT2D eigenvalue weighted by molar-refractivity contribution is 0.102. The lowest BCUT2D eigenvalue weighted by Crippen LogP contribution is -2.32. The zero-order valence-electron chi connectivity index (χ0n) is 15.6. The molecule has 1 amide bonds. The van der Waals surface area contributed by atoms with Gasteiger partial charge in [0.1, 0.15) is 0 Å². The number of nitrogens with zero attached hydrogens (tertiary/aromatic N) is 1. The standard InChI is InChI=1S/C20H25N3O3S/c1-14-9-11-23(12-10-14)18-7-5-17(6-8-18)22-20(24)16-4-3-15(2)19(13-16)27(21,25)26/h3-8,13-14H,9-12H2,1-2H3,(H,22,24)(H2,21,25,26). The normalized spacial score (nSPS) is 15.6. The first-order chi connectivity index (χ1) is 12.7. The molecule has 0 aromatic heterocycles. The Kier molecular flexibility index (Phi) is 5.53. The van der Waals surface area contributed by atoms with E-state index in [-0.39, 0.29) is 16.4 Å². The molecule has 1 saturated heterocycles. The van der Waals surface area contributed by atoms with Gasteiger partial charge in [-0.3, -0.25) is 4.79 Å². The number of rotatable bonds is 4. The number of carbonyl (C=O) groups excluding carboxylic acids is 1. The summed E-state index contributed by atoms with van der Waals surface area (Å²) in [4.78, 5) is 14.8. The fourth-order valence-corrected chi connectivity index (χ4v) is 4.08. The van der Waals surface area contributed by atoms with Gasteiger partial charge in [0.2, 0.25) is 10.0 Å². The second kappa shape index (κ2) is 7.70. The number of nitrogens with two attached hydrogens (primary N) is 1. The first kappa shape index (κ1) is 19.4. The summed E-state index contributed by atoms with van der Waals surface area (Å²) < 4.78 is 23.3. The molecular weight excluding hydrogens is 362 g/mol. The van der Waals surface area contributed by atoms with Crippen LogP contribution >= 0.6 is 0 Å². The summed E-state index contributed by atoms with van der Waals surface area (Å²) in [6.07, 6.45) is 2.39. The molecule has 2 aromatic rings. The van der Waals surface area contributed by atoms with Crippen LogP contribution in [0.2, 0.25) is 0 Å². The predicted octanol–water partition coefficient (Wildman–Crippen LogP) is 3.13. The van der Waals surface area contributed by atoms with Crippen LogP contribution in [0.3, 0.4) is 0 Å². The summed E-state index contributed by atoms with van der Waals surface area (Å²) in [6, 6.07) is 12.2. The van der Waals surface area contributed by atoms with E-state index in [0.717, 1.165) is 24.7 Å². The van der Waals surface area contributed by atoms with Crippen molar-refractivity contribution in [2.45, 2.75) is 31.6 Å². The minimum Gasteiger partial charge on any atom is -0.372 e. The largest absolute Gasteiger partial charge is 0.372 e. The Morgan fingerprint density at radius 1 is 1.11 bits per heavy atom. The van der Waals surface area contributed by atoms with Gasteiger partial charge in [-0.1, -0.05) is 13.0 Å². The number of aryl methyl sites for hydroxylation is 1. The van der Waals surface area contributed by atoms with Crippen LogP contribution in [0.4, 0.5) is 11.4 Å². The minimum absolute atomic E-state index is 0.0372. The van der Waals surface area contributed by atoms with Gasteiger partial charge < -0.3 is 10.2 Å². The van der Waals surface area contributed by atoms with E-state index in [2.05, 4.69) is 17.1 Å². The number of sulfonamides is 1. The number of hydrogen-bond donors (Lipinski definition) is 2. The molecule has 0 bridgehead atoms. The van der Waals surface area contributed by atoms with Crippen LogP contribution < -0.4 is 15.4 Å². The van der Waals surface area contributed by atoms with Crippen LogP contribution in [0.25, 0.3) is 0 Å². The zero-order chi connectivity index (χ0) is 19.6. The van der Waals surface area contributed by atoms with E-state index in [1.807, 2.05) is 24.3 Å². The topological polar surface area (TPSA) is 92.5 Å². The van der Waals surface area contributed by atoms with Crippen LogP contribution in [0.5, 0.6) is 0 Å². The molecule has 0 saturated carbocycles. The number of anilines is 2. The molecule has 7 heteroatoms. The second-order valence-corrected chi connectivity index (χ2v) is 8.73. The second-order valence-electron chi connectivity index (χ2n) is 7.20. The molecule has 0 aliphatic carbocycles. The molecule has 1 aliphatic rings. The van der Waals surface area contributed by atoms with Gasteiger partial charge in [0.15, 0.2) is 0 Å². The maximum Gasteiger partial charge on any atom is 0.255 e. The Labute approximate surface area is 160 Å². The average Bonchev–Trinajstić information content (AvgIpc) is 2.62. The van der Waals surface area contributed by atoms with Crippen molar-refractivity contribution in [3.8, 4) is 0 Å². The number of carbonyl (C=O) groups is 1. The van der Waals surface area contributed by atoms with Gasteiger partial charge in [-0.2, -0.15) is 0 Å². The molecule has 1 heterocycles. The number of amides is 1. The number of piperidine rings is 1. The SMILES string of the molecule is Cc1ccc(C(=O)Nc2ccc(N3CCC(C)CC3)cc2)cc1S(N)(=O)=O. The Bertz CT molecular complexity index is 931. The third kappa shape index (κ3) is 4.67. The highest BCUT2D eigenvalue weighted by Gasteiger charge is 2.17. The van der Waals surface area contributed by atoms with Crippen LogP contribution in [0.15, 0.2) is 47.4 Å². The van der Waals surface area contributed by atoms with Crippen molar-refractivity contribution >= 4 is 27.3 Å². The number of hydrogen-bond acceptors (Lipinski definition) is 4. The van der Waals surface area contributed by atoms with E-state index in [1.165, 1.54) is 18.9 Å². The van der Waals surface area contributed by atoms with Crippen molar-refractivity contribution in [1.82, 2.24) is 0 Å². The highest BCUT2D eigenvalue weighted by molar-refractivity contribution is 7.89. The summed E-state index contributed by atoms with van der Waals surface area (Å²) >= 11 is 0. The third-order valence-electron chi connectivity index (χ3n) is 5.03. The number of nitrogens with one attached hydrogen (secondary N) is 1. The van der Waals surface area contributed by atoms with Crippen molar-refractivity contribution < 1.29 is 13.2 Å². The zero-order valence-corrected chi connectivity index (χ0v) is 16.4. The Morgan fingerprint density at radius 3 is 2.33 bits per heavy atom. The van der Waals surface area contributed by atoms with E-state index >= 15 is 0 Å².